The number of rotatable bonds is 2. The third-order valence-electron chi connectivity index (χ3n) is 3.33. The minimum atomic E-state index is -0.251. The predicted octanol–water partition coefficient (Wildman–Crippen LogP) is 1.48. The van der Waals surface area contributed by atoms with Gasteiger partial charge in [0.15, 0.2) is 0 Å². The molecule has 0 unspecified atom stereocenters. The van der Waals surface area contributed by atoms with Crippen LogP contribution in [-0.2, 0) is 16.6 Å². The lowest BCUT2D eigenvalue weighted by molar-refractivity contribution is -0.117. The second-order valence-electron chi connectivity index (χ2n) is 5.02. The van der Waals surface area contributed by atoms with Crippen molar-refractivity contribution in [3.8, 4) is 0 Å². The van der Waals surface area contributed by atoms with Crippen LogP contribution in [-0.4, -0.2) is 24.7 Å². The van der Waals surface area contributed by atoms with Gasteiger partial charge in [-0.15, -0.1) is 0 Å². The van der Waals surface area contributed by atoms with Crippen LogP contribution in [0.5, 0.6) is 0 Å². The molecular weight excluding hydrogens is 202 g/mol. The molecule has 0 saturated carbocycles. The zero-order valence-electron chi connectivity index (χ0n) is 9.95. The van der Waals surface area contributed by atoms with Crippen LogP contribution in [0.3, 0.4) is 0 Å². The number of likely N-dealkylation sites (N-methyl/N-ethyl adjacent to an activating group) is 1. The van der Waals surface area contributed by atoms with E-state index >= 15 is 0 Å². The fourth-order valence-corrected chi connectivity index (χ4v) is 1.98. The highest BCUT2D eigenvalue weighted by Gasteiger charge is 2.27. The molecule has 1 amide bonds. The predicted molar refractivity (Wildman–Crippen MR) is 63.7 cm³/mol. The van der Waals surface area contributed by atoms with E-state index in [1.165, 1.54) is 0 Å². The van der Waals surface area contributed by atoms with Crippen LogP contribution in [0.25, 0.3) is 0 Å². The quantitative estimate of drug-likeness (QED) is 0.818. The molecule has 1 N–H and O–H groups in total. The summed E-state index contributed by atoms with van der Waals surface area (Å²) in [6.45, 7) is 4.10. The molecule has 0 radical (unpaired) electrons. The van der Waals surface area contributed by atoms with Gasteiger partial charge >= 0.3 is 0 Å². The lowest BCUT2D eigenvalue weighted by Crippen LogP contribution is -2.22. The van der Waals surface area contributed by atoms with E-state index in [0.717, 1.165) is 16.8 Å². The Balaban J connectivity index is 2.43. The maximum absolute atomic E-state index is 11.5. The number of aliphatic hydroxyl groups is 1. The van der Waals surface area contributed by atoms with Crippen LogP contribution >= 0.6 is 0 Å². The number of nitrogens with zero attached hydrogens (tertiary/aromatic N) is 1. The van der Waals surface area contributed by atoms with E-state index in [4.69, 9.17) is 0 Å². The molecule has 0 atom stereocenters. The Morgan fingerprint density at radius 3 is 2.75 bits per heavy atom. The molecule has 3 nitrogen and oxygen atoms in total. The zero-order valence-corrected chi connectivity index (χ0v) is 9.95. The first-order valence-corrected chi connectivity index (χ1v) is 5.46. The first-order chi connectivity index (χ1) is 7.45. The lowest BCUT2D eigenvalue weighted by atomic mass is 9.84. The van der Waals surface area contributed by atoms with Gasteiger partial charge < -0.3 is 10.0 Å². The van der Waals surface area contributed by atoms with E-state index in [1.54, 1.807) is 11.9 Å². The number of fused-ring (bicyclic) bond motifs is 1. The Kier molecular flexibility index (Phi) is 2.50. The molecule has 0 aromatic heterocycles. The van der Waals surface area contributed by atoms with Gasteiger partial charge in [-0.1, -0.05) is 26.0 Å². The summed E-state index contributed by atoms with van der Waals surface area (Å²) in [5.41, 5.74) is 2.88. The van der Waals surface area contributed by atoms with Crippen molar-refractivity contribution in [2.45, 2.75) is 25.7 Å². The van der Waals surface area contributed by atoms with E-state index in [0.29, 0.717) is 6.42 Å². The van der Waals surface area contributed by atoms with Gasteiger partial charge in [0.1, 0.15) is 0 Å². The first-order valence-electron chi connectivity index (χ1n) is 5.46. The zero-order chi connectivity index (χ0) is 11.9. The summed E-state index contributed by atoms with van der Waals surface area (Å²) in [5, 5.41) is 9.32. The van der Waals surface area contributed by atoms with Crippen LogP contribution in [0, 0.1) is 0 Å². The van der Waals surface area contributed by atoms with Gasteiger partial charge in [0.25, 0.3) is 0 Å². The number of carbonyl (C=O) groups excluding carboxylic acids is 1. The van der Waals surface area contributed by atoms with Gasteiger partial charge in [-0.2, -0.15) is 0 Å². The number of carbonyl (C=O) groups is 1. The van der Waals surface area contributed by atoms with Crippen molar-refractivity contribution in [3.63, 3.8) is 0 Å². The monoisotopic (exact) mass is 219 g/mol. The van der Waals surface area contributed by atoms with E-state index in [1.807, 2.05) is 32.0 Å². The summed E-state index contributed by atoms with van der Waals surface area (Å²) in [4.78, 5) is 13.2. The fraction of sp³-hybridized carbons (Fsp3) is 0.462. The molecule has 16 heavy (non-hydrogen) atoms. The molecule has 0 saturated heterocycles. The van der Waals surface area contributed by atoms with Gasteiger partial charge in [0, 0.05) is 18.2 Å². The van der Waals surface area contributed by atoms with Crippen LogP contribution in [0.1, 0.15) is 25.0 Å². The SMILES string of the molecule is CN1C(=O)Cc2cc(C(C)(C)CO)ccc21. The van der Waals surface area contributed by atoms with E-state index in [9.17, 15) is 9.90 Å². The second kappa shape index (κ2) is 3.59. The highest BCUT2D eigenvalue weighted by molar-refractivity contribution is 6.00. The molecule has 2 rings (SSSR count). The lowest BCUT2D eigenvalue weighted by Gasteiger charge is -2.23. The molecule has 3 heteroatoms. The Morgan fingerprint density at radius 1 is 1.44 bits per heavy atom. The Hall–Kier alpha value is -1.35. The van der Waals surface area contributed by atoms with Gasteiger partial charge in [-0.25, -0.2) is 0 Å². The molecule has 86 valence electrons. The molecule has 0 spiro atoms. The molecule has 0 bridgehead atoms. The largest absolute Gasteiger partial charge is 0.395 e. The second-order valence-corrected chi connectivity index (χ2v) is 5.02. The number of benzene rings is 1. The van der Waals surface area contributed by atoms with Gasteiger partial charge in [-0.05, 0) is 17.2 Å². The van der Waals surface area contributed by atoms with E-state index in [2.05, 4.69) is 0 Å². The first kappa shape index (κ1) is 11.1. The molecule has 1 aliphatic rings. The van der Waals surface area contributed by atoms with Gasteiger partial charge in [0.2, 0.25) is 5.91 Å². The highest BCUT2D eigenvalue weighted by Crippen LogP contribution is 2.32. The van der Waals surface area contributed by atoms with Crippen molar-refractivity contribution in [2.24, 2.45) is 0 Å². The van der Waals surface area contributed by atoms with Crippen molar-refractivity contribution < 1.29 is 9.90 Å². The number of anilines is 1. The summed E-state index contributed by atoms with van der Waals surface area (Å²) in [7, 11) is 1.80. The molecule has 0 fully saturated rings. The Morgan fingerprint density at radius 2 is 2.12 bits per heavy atom. The van der Waals surface area contributed by atoms with Crippen LogP contribution < -0.4 is 4.90 Å². The van der Waals surface area contributed by atoms with Gasteiger partial charge in [0.05, 0.1) is 13.0 Å². The molecule has 1 aliphatic heterocycles. The molecule has 1 aromatic carbocycles. The van der Waals surface area contributed by atoms with Crippen LogP contribution in [0.2, 0.25) is 0 Å². The normalized spacial score (nSPS) is 15.5. The number of hydrogen-bond donors (Lipinski definition) is 1. The summed E-state index contributed by atoms with van der Waals surface area (Å²) < 4.78 is 0. The molecule has 1 heterocycles. The Labute approximate surface area is 95.7 Å². The van der Waals surface area contributed by atoms with Crippen LogP contribution in [0.15, 0.2) is 18.2 Å². The van der Waals surface area contributed by atoms with E-state index in [-0.39, 0.29) is 17.9 Å². The number of hydrogen-bond acceptors (Lipinski definition) is 2. The Bertz CT molecular complexity index is 438. The van der Waals surface area contributed by atoms with Crippen molar-refractivity contribution in [1.29, 1.82) is 0 Å². The number of aliphatic hydroxyl groups excluding tert-OH is 1. The third-order valence-corrected chi connectivity index (χ3v) is 3.33. The number of amides is 1. The molecule has 0 aliphatic carbocycles. The maximum atomic E-state index is 11.5. The average Bonchev–Trinajstić information content (AvgIpc) is 2.54. The fourth-order valence-electron chi connectivity index (χ4n) is 1.98. The summed E-state index contributed by atoms with van der Waals surface area (Å²) in [5.74, 6) is 0.133. The van der Waals surface area contributed by atoms with Crippen molar-refractivity contribution in [2.75, 3.05) is 18.6 Å². The standard InChI is InChI=1S/C13H17NO2/c1-13(2,8-15)10-4-5-11-9(6-10)7-12(16)14(11)3/h4-6,15H,7-8H2,1-3H3. The maximum Gasteiger partial charge on any atom is 0.231 e. The highest BCUT2D eigenvalue weighted by atomic mass is 16.3. The summed E-state index contributed by atoms with van der Waals surface area (Å²) in [6, 6.07) is 5.99. The minimum Gasteiger partial charge on any atom is -0.395 e. The van der Waals surface area contributed by atoms with Gasteiger partial charge in [-0.3, -0.25) is 4.79 Å². The summed E-state index contributed by atoms with van der Waals surface area (Å²) >= 11 is 0. The molecular formula is C13H17NO2. The smallest absolute Gasteiger partial charge is 0.231 e. The van der Waals surface area contributed by atoms with Crippen molar-refractivity contribution in [1.82, 2.24) is 0 Å². The van der Waals surface area contributed by atoms with E-state index < -0.39 is 0 Å². The average molecular weight is 219 g/mol. The van der Waals surface area contributed by atoms with Crippen molar-refractivity contribution in [3.05, 3.63) is 29.3 Å². The van der Waals surface area contributed by atoms with Crippen molar-refractivity contribution >= 4 is 11.6 Å². The third kappa shape index (κ3) is 1.61. The molecule has 1 aromatic rings. The van der Waals surface area contributed by atoms with Crippen LogP contribution in [0.4, 0.5) is 5.69 Å². The minimum absolute atomic E-state index is 0.107. The topological polar surface area (TPSA) is 40.5 Å². The summed E-state index contributed by atoms with van der Waals surface area (Å²) in [6.07, 6.45) is 0.473.